The maximum atomic E-state index is 12.3. The second-order valence-corrected chi connectivity index (χ2v) is 8.52. The van der Waals surface area contributed by atoms with E-state index in [9.17, 15) is 18.0 Å². The average molecular weight is 316 g/mol. The van der Waals surface area contributed by atoms with Gasteiger partial charge in [0.25, 0.3) is 10.1 Å². The van der Waals surface area contributed by atoms with Crippen LogP contribution in [-0.2, 0) is 23.9 Å². The summed E-state index contributed by atoms with van der Waals surface area (Å²) in [6, 6.07) is 0. The molecular formula is C15H24O5S. The van der Waals surface area contributed by atoms with Gasteiger partial charge in [0.05, 0.1) is 11.2 Å². The zero-order chi connectivity index (χ0) is 16.1. The molecule has 2 bridgehead atoms. The van der Waals surface area contributed by atoms with Crippen molar-refractivity contribution in [3.63, 3.8) is 0 Å². The van der Waals surface area contributed by atoms with Gasteiger partial charge in [-0.2, -0.15) is 8.42 Å². The fourth-order valence-corrected chi connectivity index (χ4v) is 5.90. The molecule has 0 saturated heterocycles. The molecular weight excluding hydrogens is 292 g/mol. The van der Waals surface area contributed by atoms with Gasteiger partial charge in [0.15, 0.2) is 5.78 Å². The molecule has 0 aromatic carbocycles. The molecule has 2 aliphatic carbocycles. The third-order valence-electron chi connectivity index (χ3n) is 5.66. The van der Waals surface area contributed by atoms with E-state index in [-0.39, 0.29) is 35.1 Å². The van der Waals surface area contributed by atoms with E-state index in [1.54, 1.807) is 6.92 Å². The summed E-state index contributed by atoms with van der Waals surface area (Å²) in [4.78, 5) is 23.9. The lowest BCUT2D eigenvalue weighted by molar-refractivity contribution is -0.128. The molecule has 21 heavy (non-hydrogen) atoms. The number of hydrogen-bond acceptors (Lipinski definition) is 5. The summed E-state index contributed by atoms with van der Waals surface area (Å²) >= 11 is 0. The first kappa shape index (κ1) is 16.6. The van der Waals surface area contributed by atoms with Crippen molar-refractivity contribution in [1.29, 1.82) is 0 Å². The molecule has 120 valence electrons. The van der Waals surface area contributed by atoms with Crippen molar-refractivity contribution in [2.24, 2.45) is 16.7 Å². The number of rotatable bonds is 6. The van der Waals surface area contributed by atoms with Crippen LogP contribution in [0.15, 0.2) is 0 Å². The molecule has 2 fully saturated rings. The van der Waals surface area contributed by atoms with Gasteiger partial charge < -0.3 is 0 Å². The second kappa shape index (κ2) is 5.16. The first-order chi connectivity index (χ1) is 9.56. The highest BCUT2D eigenvalue weighted by Gasteiger charge is 2.65. The quantitative estimate of drug-likeness (QED) is 0.701. The average Bonchev–Trinajstić information content (AvgIpc) is 2.70. The fourth-order valence-electron chi connectivity index (χ4n) is 4.01. The van der Waals surface area contributed by atoms with Gasteiger partial charge in [-0.25, -0.2) is 0 Å². The monoisotopic (exact) mass is 316 g/mol. The predicted molar refractivity (Wildman–Crippen MR) is 78.2 cm³/mol. The molecule has 0 amide bonds. The summed E-state index contributed by atoms with van der Waals surface area (Å²) in [6.07, 6.45) is 1.20. The highest BCUT2D eigenvalue weighted by molar-refractivity contribution is 7.86. The predicted octanol–water partition coefficient (Wildman–Crippen LogP) is 2.10. The van der Waals surface area contributed by atoms with Crippen LogP contribution in [0.5, 0.6) is 0 Å². The normalized spacial score (nSPS) is 32.4. The Bertz CT molecular complexity index is 563. The third-order valence-corrected chi connectivity index (χ3v) is 7.08. The van der Waals surface area contributed by atoms with Gasteiger partial charge in [0, 0.05) is 12.8 Å². The van der Waals surface area contributed by atoms with Gasteiger partial charge in [0.1, 0.15) is 11.9 Å². The maximum absolute atomic E-state index is 12.3. The Morgan fingerprint density at radius 2 is 2.05 bits per heavy atom. The van der Waals surface area contributed by atoms with Crippen molar-refractivity contribution in [1.82, 2.24) is 0 Å². The molecule has 6 heteroatoms. The molecule has 0 heterocycles. The molecule has 0 aromatic rings. The van der Waals surface area contributed by atoms with Crippen LogP contribution in [-0.4, -0.2) is 31.8 Å². The Morgan fingerprint density at radius 3 is 2.48 bits per heavy atom. The lowest BCUT2D eigenvalue weighted by atomic mass is 9.70. The van der Waals surface area contributed by atoms with Crippen LogP contribution in [0, 0.1) is 16.7 Å². The summed E-state index contributed by atoms with van der Waals surface area (Å²) in [5, 5.41) is 0. The molecule has 0 aliphatic heterocycles. The first-order valence-electron chi connectivity index (χ1n) is 7.53. The second-order valence-electron chi connectivity index (χ2n) is 6.93. The SMILES string of the molecule is CCC(=O)C(C)OS(=O)(=O)CC12CCC(CC1=O)C2(C)C. The van der Waals surface area contributed by atoms with Crippen LogP contribution in [0.25, 0.3) is 0 Å². The van der Waals surface area contributed by atoms with Crippen molar-refractivity contribution in [3.8, 4) is 0 Å². The lowest BCUT2D eigenvalue weighted by Gasteiger charge is -2.36. The van der Waals surface area contributed by atoms with Crippen LogP contribution in [0.2, 0.25) is 0 Å². The van der Waals surface area contributed by atoms with E-state index >= 15 is 0 Å². The van der Waals surface area contributed by atoms with Crippen molar-refractivity contribution in [2.45, 2.75) is 59.5 Å². The van der Waals surface area contributed by atoms with Crippen molar-refractivity contribution in [3.05, 3.63) is 0 Å². The maximum Gasteiger partial charge on any atom is 0.269 e. The zero-order valence-corrected chi connectivity index (χ0v) is 14.0. The van der Waals surface area contributed by atoms with E-state index in [1.807, 2.05) is 13.8 Å². The zero-order valence-electron chi connectivity index (χ0n) is 13.1. The number of carbonyl (C=O) groups is 2. The Balaban J connectivity index is 2.20. The van der Waals surface area contributed by atoms with Crippen molar-refractivity contribution >= 4 is 21.7 Å². The van der Waals surface area contributed by atoms with E-state index in [0.29, 0.717) is 12.8 Å². The highest BCUT2D eigenvalue weighted by Crippen LogP contribution is 2.64. The Labute approximate surface area is 126 Å². The van der Waals surface area contributed by atoms with Gasteiger partial charge in [-0.15, -0.1) is 0 Å². The van der Waals surface area contributed by atoms with Crippen LogP contribution in [0.1, 0.15) is 53.4 Å². The molecule has 2 aliphatic rings. The van der Waals surface area contributed by atoms with Crippen LogP contribution < -0.4 is 0 Å². The Morgan fingerprint density at radius 1 is 1.43 bits per heavy atom. The minimum absolute atomic E-state index is 0.0328. The lowest BCUT2D eigenvalue weighted by Crippen LogP contribution is -2.43. The van der Waals surface area contributed by atoms with Gasteiger partial charge in [-0.3, -0.25) is 13.8 Å². The summed E-state index contributed by atoms with van der Waals surface area (Å²) in [5.41, 5.74) is -1.16. The van der Waals surface area contributed by atoms with Crippen LogP contribution in [0.4, 0.5) is 0 Å². The molecule has 3 atom stereocenters. The van der Waals surface area contributed by atoms with Gasteiger partial charge in [-0.05, 0) is 31.1 Å². The molecule has 0 radical (unpaired) electrons. The fraction of sp³-hybridized carbons (Fsp3) is 0.867. The molecule has 0 spiro atoms. The van der Waals surface area contributed by atoms with Crippen LogP contribution >= 0.6 is 0 Å². The smallest absolute Gasteiger partial charge is 0.269 e. The number of carbonyl (C=O) groups excluding carboxylic acids is 2. The third kappa shape index (κ3) is 2.57. The van der Waals surface area contributed by atoms with E-state index in [2.05, 4.69) is 0 Å². The summed E-state index contributed by atoms with van der Waals surface area (Å²) in [7, 11) is -3.91. The minimum Gasteiger partial charge on any atom is -0.299 e. The van der Waals surface area contributed by atoms with E-state index < -0.39 is 21.6 Å². The highest BCUT2D eigenvalue weighted by atomic mass is 32.2. The van der Waals surface area contributed by atoms with Gasteiger partial charge >= 0.3 is 0 Å². The number of ketones is 2. The topological polar surface area (TPSA) is 77.5 Å². The van der Waals surface area contributed by atoms with Crippen LogP contribution in [0.3, 0.4) is 0 Å². The standard InChI is InChI=1S/C15H24O5S/c1-5-12(16)10(2)20-21(18,19)9-15-7-6-11(8-13(15)17)14(15,3)4/h10-11H,5-9H2,1-4H3. The molecule has 0 aromatic heterocycles. The molecule has 5 nitrogen and oxygen atoms in total. The molecule has 3 unspecified atom stereocenters. The number of Topliss-reactive ketones (excluding diaryl/α,β-unsaturated/α-hetero) is 2. The van der Waals surface area contributed by atoms with Gasteiger partial charge in [0.2, 0.25) is 0 Å². The minimum atomic E-state index is -3.91. The van der Waals surface area contributed by atoms with Crippen molar-refractivity contribution < 1.29 is 22.2 Å². The number of fused-ring (bicyclic) bond motifs is 2. The molecule has 2 rings (SSSR count). The number of hydrogen-bond donors (Lipinski definition) is 0. The van der Waals surface area contributed by atoms with E-state index in [0.717, 1.165) is 6.42 Å². The van der Waals surface area contributed by atoms with Gasteiger partial charge in [-0.1, -0.05) is 20.8 Å². The first-order valence-corrected chi connectivity index (χ1v) is 9.10. The summed E-state index contributed by atoms with van der Waals surface area (Å²) in [6.45, 7) is 7.07. The summed E-state index contributed by atoms with van der Waals surface area (Å²) < 4.78 is 29.6. The van der Waals surface area contributed by atoms with E-state index in [1.165, 1.54) is 6.92 Å². The van der Waals surface area contributed by atoms with E-state index in [4.69, 9.17) is 4.18 Å². The molecule has 0 N–H and O–H groups in total. The summed E-state index contributed by atoms with van der Waals surface area (Å²) in [5.74, 6) is -0.262. The van der Waals surface area contributed by atoms with Crippen molar-refractivity contribution in [2.75, 3.05) is 5.75 Å². The largest absolute Gasteiger partial charge is 0.299 e. The Hall–Kier alpha value is -0.750. The Kier molecular flexibility index (Phi) is 4.08. The molecule has 2 saturated carbocycles.